The summed E-state index contributed by atoms with van der Waals surface area (Å²) in [5, 5.41) is 2.86. The minimum atomic E-state index is -4.33. The Morgan fingerprint density at radius 3 is 2.12 bits per heavy atom. The molecular formula is C31H28Cl2FN3O4S. The number of rotatable bonds is 11. The summed E-state index contributed by atoms with van der Waals surface area (Å²) in [6.45, 7) is -1.01. The minimum absolute atomic E-state index is 0.00240. The number of hydrogen-bond donors (Lipinski definition) is 1. The maximum atomic E-state index is 14.8. The van der Waals surface area contributed by atoms with Gasteiger partial charge in [-0.15, -0.1) is 0 Å². The number of carbonyl (C=O) groups excluding carboxylic acids is 2. The van der Waals surface area contributed by atoms with E-state index < -0.39 is 40.2 Å². The van der Waals surface area contributed by atoms with E-state index in [-0.39, 0.29) is 39.2 Å². The van der Waals surface area contributed by atoms with E-state index in [0.717, 1.165) is 9.87 Å². The Labute approximate surface area is 254 Å². The van der Waals surface area contributed by atoms with Crippen molar-refractivity contribution in [2.45, 2.75) is 23.9 Å². The molecule has 0 bridgehead atoms. The van der Waals surface area contributed by atoms with Gasteiger partial charge >= 0.3 is 0 Å². The maximum absolute atomic E-state index is 14.8. The molecule has 218 valence electrons. The van der Waals surface area contributed by atoms with Crippen molar-refractivity contribution in [3.05, 3.63) is 130 Å². The largest absolute Gasteiger partial charge is 0.357 e. The number of carbonyl (C=O) groups is 2. The second-order valence-electron chi connectivity index (χ2n) is 9.35. The van der Waals surface area contributed by atoms with Crippen molar-refractivity contribution < 1.29 is 22.4 Å². The van der Waals surface area contributed by atoms with E-state index in [1.165, 1.54) is 60.5 Å². The first-order valence-corrected chi connectivity index (χ1v) is 15.1. The summed E-state index contributed by atoms with van der Waals surface area (Å²) in [5.74, 6) is -1.81. The van der Waals surface area contributed by atoms with Crippen LogP contribution < -0.4 is 9.62 Å². The van der Waals surface area contributed by atoms with Crippen molar-refractivity contribution in [1.82, 2.24) is 10.2 Å². The molecule has 0 fully saturated rings. The van der Waals surface area contributed by atoms with Crippen LogP contribution in [0.25, 0.3) is 0 Å². The Hall–Kier alpha value is -3.92. The highest BCUT2D eigenvalue weighted by Crippen LogP contribution is 2.33. The van der Waals surface area contributed by atoms with E-state index in [9.17, 15) is 22.4 Å². The van der Waals surface area contributed by atoms with Gasteiger partial charge in [-0.25, -0.2) is 12.8 Å². The number of halogens is 3. The summed E-state index contributed by atoms with van der Waals surface area (Å²) in [7, 11) is -2.89. The lowest BCUT2D eigenvalue weighted by molar-refractivity contribution is -0.139. The SMILES string of the molecule is CNC(=O)[C@@H](Cc1ccccc1)N(Cc1ccccc1F)C(=O)CN(c1ccc(Cl)cc1Cl)S(=O)(=O)c1ccccc1. The first-order valence-electron chi connectivity index (χ1n) is 12.9. The highest BCUT2D eigenvalue weighted by molar-refractivity contribution is 7.92. The Kier molecular flexibility index (Phi) is 10.2. The Balaban J connectivity index is 1.81. The molecule has 0 unspecified atom stereocenters. The Morgan fingerprint density at radius 2 is 1.50 bits per heavy atom. The number of nitrogens with zero attached hydrogens (tertiary/aromatic N) is 2. The lowest BCUT2D eigenvalue weighted by Crippen LogP contribution is -2.53. The zero-order valence-corrected chi connectivity index (χ0v) is 24.9. The molecule has 0 saturated carbocycles. The zero-order chi connectivity index (χ0) is 30.3. The lowest BCUT2D eigenvalue weighted by atomic mass is 10.0. The monoisotopic (exact) mass is 627 g/mol. The van der Waals surface area contributed by atoms with Crippen molar-refractivity contribution in [2.24, 2.45) is 0 Å². The van der Waals surface area contributed by atoms with Crippen molar-refractivity contribution in [2.75, 3.05) is 17.9 Å². The molecule has 0 spiro atoms. The molecule has 42 heavy (non-hydrogen) atoms. The van der Waals surface area contributed by atoms with Gasteiger partial charge in [-0.2, -0.15) is 0 Å². The summed E-state index contributed by atoms with van der Waals surface area (Å²) in [5.41, 5.74) is 0.936. The summed E-state index contributed by atoms with van der Waals surface area (Å²) in [6.07, 6.45) is 0.105. The van der Waals surface area contributed by atoms with E-state index in [2.05, 4.69) is 5.32 Å². The summed E-state index contributed by atoms with van der Waals surface area (Å²) >= 11 is 12.5. The fraction of sp³-hybridized carbons (Fsp3) is 0.161. The molecule has 0 aliphatic carbocycles. The Morgan fingerprint density at radius 1 is 0.881 bits per heavy atom. The van der Waals surface area contributed by atoms with Crippen LogP contribution in [-0.4, -0.2) is 44.8 Å². The topological polar surface area (TPSA) is 86.8 Å². The van der Waals surface area contributed by atoms with Gasteiger partial charge in [-0.05, 0) is 42.0 Å². The molecule has 7 nitrogen and oxygen atoms in total. The number of likely N-dealkylation sites (N-methyl/N-ethyl adjacent to an activating group) is 1. The van der Waals surface area contributed by atoms with Crippen LogP contribution in [0.2, 0.25) is 10.0 Å². The first kappa shape index (κ1) is 31.0. The molecule has 4 aromatic rings. The van der Waals surface area contributed by atoms with Gasteiger partial charge in [0, 0.05) is 30.6 Å². The van der Waals surface area contributed by atoms with Crippen LogP contribution in [0.5, 0.6) is 0 Å². The third-order valence-corrected chi connectivity index (χ3v) is 8.92. The predicted octanol–water partition coefficient (Wildman–Crippen LogP) is 5.71. The molecule has 2 amide bonds. The molecular weight excluding hydrogens is 600 g/mol. The average Bonchev–Trinajstić information content (AvgIpc) is 2.99. The van der Waals surface area contributed by atoms with Crippen LogP contribution in [0.1, 0.15) is 11.1 Å². The molecule has 1 N–H and O–H groups in total. The van der Waals surface area contributed by atoms with Crippen LogP contribution in [-0.2, 0) is 32.6 Å². The molecule has 0 aliphatic heterocycles. The van der Waals surface area contributed by atoms with E-state index in [0.29, 0.717) is 0 Å². The third-order valence-electron chi connectivity index (χ3n) is 6.60. The second-order valence-corrected chi connectivity index (χ2v) is 12.1. The van der Waals surface area contributed by atoms with Crippen LogP contribution in [0.3, 0.4) is 0 Å². The van der Waals surface area contributed by atoms with Gasteiger partial charge in [0.05, 0.1) is 15.6 Å². The molecule has 0 radical (unpaired) electrons. The minimum Gasteiger partial charge on any atom is -0.357 e. The van der Waals surface area contributed by atoms with Gasteiger partial charge in [-0.3, -0.25) is 13.9 Å². The normalized spacial score (nSPS) is 11.9. The van der Waals surface area contributed by atoms with Crippen LogP contribution in [0, 0.1) is 5.82 Å². The van der Waals surface area contributed by atoms with Gasteiger partial charge < -0.3 is 10.2 Å². The van der Waals surface area contributed by atoms with Crippen molar-refractivity contribution in [3.63, 3.8) is 0 Å². The van der Waals surface area contributed by atoms with E-state index in [1.54, 1.807) is 48.5 Å². The van der Waals surface area contributed by atoms with Crippen molar-refractivity contribution in [3.8, 4) is 0 Å². The predicted molar refractivity (Wildman–Crippen MR) is 162 cm³/mol. The maximum Gasteiger partial charge on any atom is 0.264 e. The smallest absolute Gasteiger partial charge is 0.264 e. The summed E-state index contributed by atoms with van der Waals surface area (Å²) < 4.78 is 43.5. The van der Waals surface area contributed by atoms with E-state index >= 15 is 0 Å². The molecule has 1 atom stereocenters. The molecule has 4 rings (SSSR count). The first-order chi connectivity index (χ1) is 20.1. The van der Waals surface area contributed by atoms with Crippen LogP contribution >= 0.6 is 23.2 Å². The van der Waals surface area contributed by atoms with Crippen LogP contribution in [0.4, 0.5) is 10.1 Å². The number of benzene rings is 4. The van der Waals surface area contributed by atoms with Gasteiger partial charge in [0.25, 0.3) is 10.0 Å². The fourth-order valence-corrected chi connectivity index (χ4v) is 6.46. The molecule has 0 heterocycles. The fourth-order valence-electron chi connectivity index (χ4n) is 4.45. The lowest BCUT2D eigenvalue weighted by Gasteiger charge is -2.33. The van der Waals surface area contributed by atoms with Gasteiger partial charge in [-0.1, -0.05) is 89.9 Å². The molecule has 0 aliphatic rings. The quantitative estimate of drug-likeness (QED) is 0.231. The number of nitrogens with one attached hydrogen (secondary N) is 1. The van der Waals surface area contributed by atoms with Gasteiger partial charge in [0.2, 0.25) is 11.8 Å². The van der Waals surface area contributed by atoms with Crippen molar-refractivity contribution in [1.29, 1.82) is 0 Å². The molecule has 0 aromatic heterocycles. The summed E-state index contributed by atoms with van der Waals surface area (Å²) in [6, 6.07) is 25.7. The number of sulfonamides is 1. The average molecular weight is 629 g/mol. The third kappa shape index (κ3) is 7.28. The van der Waals surface area contributed by atoms with Gasteiger partial charge in [0.1, 0.15) is 18.4 Å². The van der Waals surface area contributed by atoms with E-state index in [4.69, 9.17) is 23.2 Å². The van der Waals surface area contributed by atoms with Gasteiger partial charge in [0.15, 0.2) is 0 Å². The molecule has 11 heteroatoms. The molecule has 4 aromatic carbocycles. The standard InChI is InChI=1S/C31H28Cl2FN3O4S/c1-35-31(39)29(18-22-10-4-2-5-11-22)36(20-23-12-8-9-15-27(23)34)30(38)21-37(28-17-16-24(32)19-26(28)33)42(40,41)25-13-6-3-7-14-25/h2-17,19,29H,18,20-21H2,1H3,(H,35,39)/t29-/m1/s1. The Bertz CT molecular complexity index is 1660. The number of anilines is 1. The zero-order valence-electron chi connectivity index (χ0n) is 22.6. The number of hydrogen-bond acceptors (Lipinski definition) is 4. The number of amides is 2. The molecule has 0 saturated heterocycles. The van der Waals surface area contributed by atoms with Crippen molar-refractivity contribution >= 4 is 50.7 Å². The highest BCUT2D eigenvalue weighted by atomic mass is 35.5. The second kappa shape index (κ2) is 13.8. The van der Waals surface area contributed by atoms with Crippen LogP contribution in [0.15, 0.2) is 108 Å². The van der Waals surface area contributed by atoms with E-state index in [1.807, 2.05) is 6.07 Å². The summed E-state index contributed by atoms with van der Waals surface area (Å²) in [4.78, 5) is 28.6. The highest BCUT2D eigenvalue weighted by Gasteiger charge is 2.35.